The number of anilines is 1. The van der Waals surface area contributed by atoms with Gasteiger partial charge >= 0.3 is 0 Å². The largest absolute Gasteiger partial charge is 0.388 e. The van der Waals surface area contributed by atoms with Crippen molar-refractivity contribution in [3.8, 4) is 0 Å². The standard InChI is InChI=1S/C16H16N2O3/c19-16-9-10-17(15-8-4-2-6-13(15)16)11-12-5-1-3-7-14(12)18(20)21/h1-8,16,19H,9-11H2. The molecule has 0 saturated heterocycles. The zero-order valence-electron chi connectivity index (χ0n) is 11.5. The second-order valence-corrected chi connectivity index (χ2v) is 5.17. The molecule has 0 fully saturated rings. The van der Waals surface area contributed by atoms with Crippen LogP contribution in [0, 0.1) is 10.1 Å². The molecule has 0 radical (unpaired) electrons. The van der Waals surface area contributed by atoms with E-state index in [1.54, 1.807) is 12.1 Å². The number of para-hydroxylation sites is 2. The number of benzene rings is 2. The molecule has 1 heterocycles. The van der Waals surface area contributed by atoms with Gasteiger partial charge in [-0.2, -0.15) is 0 Å². The summed E-state index contributed by atoms with van der Waals surface area (Å²) in [4.78, 5) is 12.8. The molecule has 2 aromatic carbocycles. The highest BCUT2D eigenvalue weighted by atomic mass is 16.6. The van der Waals surface area contributed by atoms with Crippen LogP contribution in [0.5, 0.6) is 0 Å². The van der Waals surface area contributed by atoms with Crippen molar-refractivity contribution < 1.29 is 10.0 Å². The van der Waals surface area contributed by atoms with Gasteiger partial charge in [-0.25, -0.2) is 0 Å². The zero-order valence-corrected chi connectivity index (χ0v) is 11.5. The fourth-order valence-corrected chi connectivity index (χ4v) is 2.80. The maximum atomic E-state index is 11.1. The summed E-state index contributed by atoms with van der Waals surface area (Å²) in [5.74, 6) is 0. The van der Waals surface area contributed by atoms with Crippen LogP contribution in [0.15, 0.2) is 48.5 Å². The summed E-state index contributed by atoms with van der Waals surface area (Å²) < 4.78 is 0. The van der Waals surface area contributed by atoms with Gasteiger partial charge in [0.2, 0.25) is 0 Å². The topological polar surface area (TPSA) is 66.6 Å². The van der Waals surface area contributed by atoms with E-state index in [2.05, 4.69) is 4.90 Å². The van der Waals surface area contributed by atoms with Crippen molar-refractivity contribution in [2.45, 2.75) is 19.1 Å². The number of hydrogen-bond acceptors (Lipinski definition) is 4. The molecule has 1 N–H and O–H groups in total. The lowest BCUT2D eigenvalue weighted by Crippen LogP contribution is -2.30. The third-order valence-corrected chi connectivity index (χ3v) is 3.86. The lowest BCUT2D eigenvalue weighted by molar-refractivity contribution is -0.385. The Morgan fingerprint density at radius 3 is 2.71 bits per heavy atom. The number of aliphatic hydroxyl groups excluding tert-OH is 1. The summed E-state index contributed by atoms with van der Waals surface area (Å²) in [6.45, 7) is 1.16. The number of nitro groups is 1. The van der Waals surface area contributed by atoms with Crippen LogP contribution >= 0.6 is 0 Å². The highest BCUT2D eigenvalue weighted by Crippen LogP contribution is 2.35. The molecular formula is C16H16N2O3. The maximum Gasteiger partial charge on any atom is 0.274 e. The van der Waals surface area contributed by atoms with Crippen molar-refractivity contribution in [2.75, 3.05) is 11.4 Å². The van der Waals surface area contributed by atoms with E-state index in [-0.39, 0.29) is 10.6 Å². The summed E-state index contributed by atoms with van der Waals surface area (Å²) in [5.41, 5.74) is 2.67. The molecule has 21 heavy (non-hydrogen) atoms. The first kappa shape index (κ1) is 13.6. The van der Waals surface area contributed by atoms with Gasteiger partial charge < -0.3 is 10.0 Å². The van der Waals surface area contributed by atoms with Gasteiger partial charge in [0, 0.05) is 36.0 Å². The lowest BCUT2D eigenvalue weighted by atomic mass is 9.98. The van der Waals surface area contributed by atoms with E-state index in [0.717, 1.165) is 11.3 Å². The van der Waals surface area contributed by atoms with E-state index < -0.39 is 6.10 Å². The highest BCUT2D eigenvalue weighted by molar-refractivity contribution is 5.57. The Morgan fingerprint density at radius 2 is 1.90 bits per heavy atom. The molecule has 1 aliphatic heterocycles. The molecule has 1 aliphatic rings. The van der Waals surface area contributed by atoms with Crippen LogP contribution in [0.1, 0.15) is 23.7 Å². The Morgan fingerprint density at radius 1 is 1.19 bits per heavy atom. The summed E-state index contributed by atoms with van der Waals surface area (Å²) in [7, 11) is 0. The molecular weight excluding hydrogens is 268 g/mol. The zero-order chi connectivity index (χ0) is 14.8. The fourth-order valence-electron chi connectivity index (χ4n) is 2.80. The quantitative estimate of drug-likeness (QED) is 0.695. The van der Waals surface area contributed by atoms with Crippen molar-refractivity contribution in [1.29, 1.82) is 0 Å². The Balaban J connectivity index is 1.93. The van der Waals surface area contributed by atoms with E-state index in [9.17, 15) is 15.2 Å². The van der Waals surface area contributed by atoms with Gasteiger partial charge in [0.05, 0.1) is 11.0 Å². The van der Waals surface area contributed by atoms with Crippen molar-refractivity contribution in [1.82, 2.24) is 0 Å². The molecule has 5 heteroatoms. The minimum absolute atomic E-state index is 0.140. The van der Waals surface area contributed by atoms with Gasteiger partial charge in [-0.15, -0.1) is 0 Å². The molecule has 5 nitrogen and oxygen atoms in total. The highest BCUT2D eigenvalue weighted by Gasteiger charge is 2.24. The monoisotopic (exact) mass is 284 g/mol. The second-order valence-electron chi connectivity index (χ2n) is 5.17. The van der Waals surface area contributed by atoms with Crippen LogP contribution in [0.4, 0.5) is 11.4 Å². The van der Waals surface area contributed by atoms with E-state index >= 15 is 0 Å². The number of hydrogen-bond donors (Lipinski definition) is 1. The summed E-state index contributed by atoms with van der Waals surface area (Å²) in [6, 6.07) is 14.5. The fraction of sp³-hybridized carbons (Fsp3) is 0.250. The van der Waals surface area contributed by atoms with Crippen LogP contribution < -0.4 is 4.90 Å². The smallest absolute Gasteiger partial charge is 0.274 e. The first-order chi connectivity index (χ1) is 10.2. The van der Waals surface area contributed by atoms with E-state index in [4.69, 9.17) is 0 Å². The molecule has 0 amide bonds. The number of fused-ring (bicyclic) bond motifs is 1. The molecule has 0 bridgehead atoms. The predicted molar refractivity (Wildman–Crippen MR) is 80.2 cm³/mol. The van der Waals surface area contributed by atoms with Gasteiger partial charge in [-0.1, -0.05) is 36.4 Å². The number of nitrogens with zero attached hydrogens (tertiary/aromatic N) is 2. The van der Waals surface area contributed by atoms with Gasteiger partial charge in [-0.3, -0.25) is 10.1 Å². The average Bonchev–Trinajstić information content (AvgIpc) is 2.51. The van der Waals surface area contributed by atoms with Crippen LogP contribution in [0.3, 0.4) is 0 Å². The molecule has 0 aromatic heterocycles. The Kier molecular flexibility index (Phi) is 3.58. The maximum absolute atomic E-state index is 11.1. The van der Waals surface area contributed by atoms with Crippen LogP contribution in [0.25, 0.3) is 0 Å². The molecule has 3 rings (SSSR count). The Hall–Kier alpha value is -2.40. The Labute approximate surface area is 122 Å². The van der Waals surface area contributed by atoms with E-state index in [1.807, 2.05) is 30.3 Å². The molecule has 0 spiro atoms. The predicted octanol–water partition coefficient (Wildman–Crippen LogP) is 3.04. The molecule has 0 saturated carbocycles. The van der Waals surface area contributed by atoms with Gasteiger partial charge in [-0.05, 0) is 12.5 Å². The number of aliphatic hydroxyl groups is 1. The third kappa shape index (κ3) is 2.60. The summed E-state index contributed by atoms with van der Waals surface area (Å²) >= 11 is 0. The second kappa shape index (κ2) is 5.54. The van der Waals surface area contributed by atoms with E-state index in [1.165, 1.54) is 6.07 Å². The van der Waals surface area contributed by atoms with Gasteiger partial charge in [0.1, 0.15) is 0 Å². The molecule has 1 unspecified atom stereocenters. The number of rotatable bonds is 3. The van der Waals surface area contributed by atoms with Crippen molar-refractivity contribution in [3.05, 3.63) is 69.8 Å². The van der Waals surface area contributed by atoms with Crippen LogP contribution in [-0.4, -0.2) is 16.6 Å². The third-order valence-electron chi connectivity index (χ3n) is 3.86. The first-order valence-corrected chi connectivity index (χ1v) is 6.91. The number of nitro benzene ring substituents is 1. The van der Waals surface area contributed by atoms with Gasteiger partial charge in [0.25, 0.3) is 5.69 Å². The van der Waals surface area contributed by atoms with Crippen molar-refractivity contribution >= 4 is 11.4 Å². The lowest BCUT2D eigenvalue weighted by Gasteiger charge is -2.33. The van der Waals surface area contributed by atoms with E-state index in [0.29, 0.717) is 25.1 Å². The molecule has 1 atom stereocenters. The average molecular weight is 284 g/mol. The minimum atomic E-state index is -0.455. The van der Waals surface area contributed by atoms with Crippen molar-refractivity contribution in [2.24, 2.45) is 0 Å². The molecule has 108 valence electrons. The molecule has 2 aromatic rings. The normalized spacial score (nSPS) is 17.4. The SMILES string of the molecule is O=[N+]([O-])c1ccccc1CN1CCC(O)c2ccccc21. The summed E-state index contributed by atoms with van der Waals surface area (Å²) in [5, 5.41) is 21.2. The summed E-state index contributed by atoms with van der Waals surface area (Å²) in [6.07, 6.45) is 0.181. The van der Waals surface area contributed by atoms with Crippen LogP contribution in [-0.2, 0) is 6.54 Å². The Bertz CT molecular complexity index is 672. The minimum Gasteiger partial charge on any atom is -0.388 e. The van der Waals surface area contributed by atoms with Crippen LogP contribution in [0.2, 0.25) is 0 Å². The first-order valence-electron chi connectivity index (χ1n) is 6.91. The molecule has 0 aliphatic carbocycles. The van der Waals surface area contributed by atoms with Gasteiger partial charge in [0.15, 0.2) is 0 Å². The van der Waals surface area contributed by atoms with Crippen molar-refractivity contribution in [3.63, 3.8) is 0 Å².